The third-order valence-corrected chi connectivity index (χ3v) is 4.33. The summed E-state index contributed by atoms with van der Waals surface area (Å²) in [6.45, 7) is 1.77. The molecule has 1 unspecified atom stereocenters. The van der Waals surface area contributed by atoms with Crippen LogP contribution in [0.1, 0.15) is 16.7 Å². The van der Waals surface area contributed by atoms with Crippen LogP contribution in [0, 0.1) is 6.92 Å². The fourth-order valence-electron chi connectivity index (χ4n) is 2.37. The van der Waals surface area contributed by atoms with E-state index in [1.165, 1.54) is 0 Å². The molecule has 1 aliphatic rings. The maximum Gasteiger partial charge on any atom is 0.300 e. The van der Waals surface area contributed by atoms with Gasteiger partial charge in [-0.2, -0.15) is 0 Å². The van der Waals surface area contributed by atoms with E-state index in [0.717, 1.165) is 16.2 Å². The van der Waals surface area contributed by atoms with E-state index >= 15 is 0 Å². The van der Waals surface area contributed by atoms with E-state index in [-0.39, 0.29) is 13.2 Å². The highest BCUT2D eigenvalue weighted by atomic mass is 32.1. The summed E-state index contributed by atoms with van der Waals surface area (Å²) in [5, 5.41) is 0.753. The molecule has 0 spiro atoms. The molecule has 2 aromatic rings. The van der Waals surface area contributed by atoms with Crippen molar-refractivity contribution in [3.05, 3.63) is 71.3 Å². The molecule has 1 heterocycles. The van der Waals surface area contributed by atoms with Gasteiger partial charge < -0.3 is 4.74 Å². The van der Waals surface area contributed by atoms with Crippen LogP contribution in [0.4, 0.5) is 0 Å². The summed E-state index contributed by atoms with van der Waals surface area (Å²) in [4.78, 5) is 28.7. The maximum atomic E-state index is 12.7. The number of aryl methyl sites for hydroxylation is 1. The van der Waals surface area contributed by atoms with Gasteiger partial charge in [0, 0.05) is 5.56 Å². The fraction of sp³-hybridized carbons (Fsp3) is 0.222. The number of benzene rings is 2. The smallest absolute Gasteiger partial charge is 0.300 e. The standard InChI is InChI=1S/C18H17NO4S/c1-13-7-9-15(10-8-13)18(24)17(21)19(16(20)12-22-18)23-11-14-5-3-2-4-6-14/h2-10,24H,11-12H2,1H3. The number of morpholine rings is 1. The van der Waals surface area contributed by atoms with Crippen LogP contribution >= 0.6 is 12.6 Å². The third kappa shape index (κ3) is 3.21. The second-order valence-corrected chi connectivity index (χ2v) is 6.18. The molecule has 0 N–H and O–H groups in total. The summed E-state index contributed by atoms with van der Waals surface area (Å²) in [5.41, 5.74) is 2.46. The first-order valence-corrected chi connectivity index (χ1v) is 7.93. The largest absolute Gasteiger partial charge is 0.341 e. The fourth-order valence-corrected chi connectivity index (χ4v) is 2.67. The Hall–Kier alpha value is -2.15. The molecular formula is C18H17NO4S. The van der Waals surface area contributed by atoms with E-state index in [1.54, 1.807) is 12.1 Å². The lowest BCUT2D eigenvalue weighted by molar-refractivity contribution is -0.224. The number of ether oxygens (including phenoxy) is 1. The van der Waals surface area contributed by atoms with Gasteiger partial charge in [0.25, 0.3) is 5.91 Å². The number of hydrogen-bond acceptors (Lipinski definition) is 5. The highest BCUT2D eigenvalue weighted by molar-refractivity contribution is 7.82. The number of carbonyl (C=O) groups excluding carboxylic acids is 2. The number of amides is 2. The zero-order chi connectivity index (χ0) is 17.2. The van der Waals surface area contributed by atoms with Crippen LogP contribution in [0.2, 0.25) is 0 Å². The highest BCUT2D eigenvalue weighted by Gasteiger charge is 2.48. The van der Waals surface area contributed by atoms with Gasteiger partial charge in [-0.25, -0.2) is 0 Å². The Kier molecular flexibility index (Phi) is 4.71. The predicted octanol–water partition coefficient (Wildman–Crippen LogP) is 2.59. The molecule has 1 aliphatic heterocycles. The van der Waals surface area contributed by atoms with Crippen molar-refractivity contribution in [3.8, 4) is 0 Å². The van der Waals surface area contributed by atoms with Crippen LogP contribution in [-0.2, 0) is 30.7 Å². The number of imide groups is 1. The van der Waals surface area contributed by atoms with Gasteiger partial charge in [0.1, 0.15) is 13.2 Å². The first kappa shape index (κ1) is 16.7. The van der Waals surface area contributed by atoms with Gasteiger partial charge in [-0.05, 0) is 12.5 Å². The first-order valence-electron chi connectivity index (χ1n) is 7.48. The summed E-state index contributed by atoms with van der Waals surface area (Å²) in [6, 6.07) is 16.5. The highest BCUT2D eigenvalue weighted by Crippen LogP contribution is 2.35. The summed E-state index contributed by atoms with van der Waals surface area (Å²) in [7, 11) is 0. The lowest BCUT2D eigenvalue weighted by Crippen LogP contribution is -2.54. The first-order chi connectivity index (χ1) is 11.5. The Balaban J connectivity index is 1.80. The summed E-state index contributed by atoms with van der Waals surface area (Å²) in [5.74, 6) is -1.20. The minimum atomic E-state index is -1.54. The number of thiol groups is 1. The summed E-state index contributed by atoms with van der Waals surface area (Å²) >= 11 is 4.40. The molecule has 0 radical (unpaired) electrons. The van der Waals surface area contributed by atoms with E-state index in [1.807, 2.05) is 49.4 Å². The average Bonchev–Trinajstić information content (AvgIpc) is 2.60. The predicted molar refractivity (Wildman–Crippen MR) is 90.9 cm³/mol. The van der Waals surface area contributed by atoms with Gasteiger partial charge in [-0.1, -0.05) is 60.2 Å². The molecule has 0 saturated carbocycles. The number of hydroxylamine groups is 2. The molecule has 1 saturated heterocycles. The zero-order valence-electron chi connectivity index (χ0n) is 13.1. The molecule has 5 nitrogen and oxygen atoms in total. The van der Waals surface area contributed by atoms with Gasteiger partial charge in [-0.15, -0.1) is 17.7 Å². The van der Waals surface area contributed by atoms with Crippen molar-refractivity contribution >= 4 is 24.4 Å². The Bertz CT molecular complexity index is 747. The lowest BCUT2D eigenvalue weighted by atomic mass is 10.0. The molecule has 1 atom stereocenters. The van der Waals surface area contributed by atoms with Crippen LogP contribution in [0.5, 0.6) is 0 Å². The van der Waals surface area contributed by atoms with Crippen molar-refractivity contribution in [2.45, 2.75) is 18.5 Å². The van der Waals surface area contributed by atoms with E-state index in [2.05, 4.69) is 12.6 Å². The monoisotopic (exact) mass is 343 g/mol. The molecule has 24 heavy (non-hydrogen) atoms. The lowest BCUT2D eigenvalue weighted by Gasteiger charge is -2.36. The van der Waals surface area contributed by atoms with Gasteiger partial charge in [0.15, 0.2) is 0 Å². The van der Waals surface area contributed by atoms with Gasteiger partial charge >= 0.3 is 5.91 Å². The Morgan fingerprint density at radius 1 is 1.12 bits per heavy atom. The minimum absolute atomic E-state index is 0.107. The SMILES string of the molecule is Cc1ccc(C2(S)OCC(=O)N(OCc3ccccc3)C2=O)cc1. The molecule has 0 aliphatic carbocycles. The minimum Gasteiger partial charge on any atom is -0.341 e. The number of hydrogen-bond donors (Lipinski definition) is 1. The Labute approximate surface area is 145 Å². The average molecular weight is 343 g/mol. The van der Waals surface area contributed by atoms with Crippen LogP contribution in [0.25, 0.3) is 0 Å². The van der Waals surface area contributed by atoms with Gasteiger partial charge in [0.2, 0.25) is 4.93 Å². The molecule has 1 fully saturated rings. The molecular weight excluding hydrogens is 326 g/mol. The van der Waals surface area contributed by atoms with Crippen LogP contribution in [0.15, 0.2) is 54.6 Å². The number of nitrogens with zero attached hydrogens (tertiary/aromatic N) is 1. The normalized spacial score (nSPS) is 21.2. The van der Waals surface area contributed by atoms with Crippen molar-refractivity contribution in [1.29, 1.82) is 0 Å². The molecule has 2 amide bonds. The molecule has 3 rings (SSSR count). The van der Waals surface area contributed by atoms with Crippen molar-refractivity contribution in [1.82, 2.24) is 5.06 Å². The zero-order valence-corrected chi connectivity index (χ0v) is 14.0. The second kappa shape index (κ2) is 6.76. The second-order valence-electron chi connectivity index (χ2n) is 5.55. The van der Waals surface area contributed by atoms with Crippen LogP contribution in [-0.4, -0.2) is 23.5 Å². The van der Waals surface area contributed by atoms with Gasteiger partial charge in [-0.3, -0.25) is 14.4 Å². The topological polar surface area (TPSA) is 55.8 Å². The van der Waals surface area contributed by atoms with Crippen LogP contribution < -0.4 is 0 Å². The van der Waals surface area contributed by atoms with Gasteiger partial charge in [0.05, 0.1) is 0 Å². The summed E-state index contributed by atoms with van der Waals surface area (Å²) in [6.07, 6.45) is 0. The Morgan fingerprint density at radius 3 is 2.46 bits per heavy atom. The maximum absolute atomic E-state index is 12.7. The Morgan fingerprint density at radius 2 is 1.79 bits per heavy atom. The van der Waals surface area contributed by atoms with Crippen molar-refractivity contribution < 1.29 is 19.2 Å². The van der Waals surface area contributed by atoms with E-state index < -0.39 is 16.7 Å². The van der Waals surface area contributed by atoms with Crippen molar-refractivity contribution in [2.24, 2.45) is 0 Å². The molecule has 124 valence electrons. The molecule has 0 bridgehead atoms. The quantitative estimate of drug-likeness (QED) is 0.685. The molecule has 0 aromatic heterocycles. The molecule has 6 heteroatoms. The molecule has 2 aromatic carbocycles. The van der Waals surface area contributed by atoms with E-state index in [9.17, 15) is 9.59 Å². The number of carbonyl (C=O) groups is 2. The van der Waals surface area contributed by atoms with E-state index in [4.69, 9.17) is 9.57 Å². The van der Waals surface area contributed by atoms with Crippen molar-refractivity contribution in [3.63, 3.8) is 0 Å². The summed E-state index contributed by atoms with van der Waals surface area (Å²) < 4.78 is 5.44. The third-order valence-electron chi connectivity index (χ3n) is 3.75. The van der Waals surface area contributed by atoms with E-state index in [0.29, 0.717) is 5.56 Å². The van der Waals surface area contributed by atoms with Crippen molar-refractivity contribution in [2.75, 3.05) is 6.61 Å². The van der Waals surface area contributed by atoms with Crippen LogP contribution in [0.3, 0.4) is 0 Å². The number of rotatable bonds is 4.